The molecule has 2 rings (SSSR count). The van der Waals surface area contributed by atoms with Gasteiger partial charge in [-0.2, -0.15) is 0 Å². The van der Waals surface area contributed by atoms with Crippen LogP contribution in [-0.2, 0) is 11.2 Å². The molecule has 4 nitrogen and oxygen atoms in total. The minimum absolute atomic E-state index is 0.311. The third kappa shape index (κ3) is 3.17. The van der Waals surface area contributed by atoms with Gasteiger partial charge in [-0.05, 0) is 38.5 Å². The molecule has 4 heteroatoms. The molecule has 0 spiro atoms. The topological polar surface area (TPSA) is 52.1 Å². The van der Waals surface area contributed by atoms with E-state index in [9.17, 15) is 4.79 Å². The summed E-state index contributed by atoms with van der Waals surface area (Å²) >= 11 is 0. The predicted molar refractivity (Wildman–Crippen MR) is 77.7 cm³/mol. The number of hydrogen-bond acceptors (Lipinski definition) is 4. The highest BCUT2D eigenvalue weighted by Gasteiger charge is 2.27. The van der Waals surface area contributed by atoms with Gasteiger partial charge in [0.25, 0.3) is 0 Å². The van der Waals surface area contributed by atoms with E-state index in [4.69, 9.17) is 4.74 Å². The van der Waals surface area contributed by atoms with Gasteiger partial charge >= 0.3 is 5.97 Å². The first-order valence-electron chi connectivity index (χ1n) is 7.72. The summed E-state index contributed by atoms with van der Waals surface area (Å²) in [7, 11) is 0. The van der Waals surface area contributed by atoms with E-state index in [1.807, 2.05) is 13.8 Å². The molecule has 0 aliphatic heterocycles. The number of nitrogens with zero attached hydrogens (tertiary/aromatic N) is 2. The Hall–Kier alpha value is -1.45. The molecule has 1 aliphatic rings. The van der Waals surface area contributed by atoms with Crippen molar-refractivity contribution in [2.45, 2.75) is 58.8 Å². The summed E-state index contributed by atoms with van der Waals surface area (Å²) in [6, 6.07) is 0. The van der Waals surface area contributed by atoms with Crippen LogP contribution < -0.4 is 0 Å². The minimum Gasteiger partial charge on any atom is -0.462 e. The zero-order valence-corrected chi connectivity index (χ0v) is 12.7. The average Bonchev–Trinajstić information content (AvgIpc) is 2.95. The highest BCUT2D eigenvalue weighted by Crippen LogP contribution is 2.38. The maximum absolute atomic E-state index is 11.9. The lowest BCUT2D eigenvalue weighted by Crippen LogP contribution is -2.13. The van der Waals surface area contributed by atoms with E-state index >= 15 is 0 Å². The minimum atomic E-state index is -0.311. The van der Waals surface area contributed by atoms with Crippen molar-refractivity contribution in [3.05, 3.63) is 23.3 Å². The molecule has 1 saturated carbocycles. The Morgan fingerprint density at radius 2 is 2.15 bits per heavy atom. The van der Waals surface area contributed by atoms with Gasteiger partial charge in [-0.3, -0.25) is 0 Å². The quantitative estimate of drug-likeness (QED) is 0.772. The molecule has 1 aliphatic carbocycles. The fraction of sp³-hybridized carbons (Fsp3) is 0.688. The van der Waals surface area contributed by atoms with E-state index in [-0.39, 0.29) is 5.97 Å². The first kappa shape index (κ1) is 14.9. The first-order valence-corrected chi connectivity index (χ1v) is 7.72. The normalized spacial score (nSPS) is 21.9. The molecule has 2 unspecified atom stereocenters. The molecule has 1 aromatic rings. The Morgan fingerprint density at radius 3 is 2.75 bits per heavy atom. The van der Waals surface area contributed by atoms with E-state index in [1.165, 1.54) is 25.7 Å². The second-order valence-corrected chi connectivity index (χ2v) is 5.45. The molecule has 0 aromatic carbocycles. The first-order chi connectivity index (χ1) is 9.69. The number of aromatic nitrogens is 2. The van der Waals surface area contributed by atoms with Crippen LogP contribution in [0, 0.1) is 5.92 Å². The van der Waals surface area contributed by atoms with Crippen LogP contribution in [0.25, 0.3) is 0 Å². The van der Waals surface area contributed by atoms with Crippen molar-refractivity contribution in [3.63, 3.8) is 0 Å². The van der Waals surface area contributed by atoms with Crippen LogP contribution in [0.4, 0.5) is 0 Å². The lowest BCUT2D eigenvalue weighted by atomic mass is 10.0. The van der Waals surface area contributed by atoms with Crippen molar-refractivity contribution < 1.29 is 9.53 Å². The maximum atomic E-state index is 11.9. The molecule has 1 aromatic heterocycles. The molecule has 110 valence electrons. The number of carbonyl (C=O) groups is 1. The van der Waals surface area contributed by atoms with Crippen LogP contribution in [0.2, 0.25) is 0 Å². The molecule has 20 heavy (non-hydrogen) atoms. The molecule has 0 amide bonds. The fourth-order valence-electron chi connectivity index (χ4n) is 2.96. The van der Waals surface area contributed by atoms with Gasteiger partial charge < -0.3 is 4.74 Å². The number of hydrogen-bond donors (Lipinski definition) is 0. The standard InChI is InChI=1S/C16H24N2O2/c1-4-11-7-8-12(9-11)15-17-10-13(14(5-2)18-15)16(19)20-6-3/h10-12H,4-9H2,1-3H3. The second-order valence-electron chi connectivity index (χ2n) is 5.45. The van der Waals surface area contributed by atoms with E-state index in [0.717, 1.165) is 23.9 Å². The Morgan fingerprint density at radius 1 is 1.35 bits per heavy atom. The summed E-state index contributed by atoms with van der Waals surface area (Å²) in [6.07, 6.45) is 7.23. The lowest BCUT2D eigenvalue weighted by molar-refractivity contribution is 0.0524. The van der Waals surface area contributed by atoms with Crippen molar-refractivity contribution >= 4 is 5.97 Å². The number of esters is 1. The zero-order chi connectivity index (χ0) is 14.5. The highest BCUT2D eigenvalue weighted by molar-refractivity contribution is 5.90. The second kappa shape index (κ2) is 6.82. The summed E-state index contributed by atoms with van der Waals surface area (Å²) in [5, 5.41) is 0. The van der Waals surface area contributed by atoms with Gasteiger partial charge in [0.2, 0.25) is 0 Å². The molecule has 0 bridgehead atoms. The molecule has 0 saturated heterocycles. The smallest absolute Gasteiger partial charge is 0.341 e. The van der Waals surface area contributed by atoms with Crippen LogP contribution in [-0.4, -0.2) is 22.5 Å². The van der Waals surface area contributed by atoms with Crippen molar-refractivity contribution in [2.24, 2.45) is 5.92 Å². The summed E-state index contributed by atoms with van der Waals surface area (Å²) in [6.45, 7) is 6.44. The van der Waals surface area contributed by atoms with Gasteiger partial charge in [0.1, 0.15) is 5.82 Å². The summed E-state index contributed by atoms with van der Waals surface area (Å²) in [4.78, 5) is 20.9. The van der Waals surface area contributed by atoms with Gasteiger partial charge in [-0.15, -0.1) is 0 Å². The fourth-order valence-corrected chi connectivity index (χ4v) is 2.96. The Labute approximate surface area is 121 Å². The predicted octanol–water partition coefficient (Wildman–Crippen LogP) is 3.51. The Bertz CT molecular complexity index is 474. The van der Waals surface area contributed by atoms with Gasteiger partial charge in [0, 0.05) is 12.1 Å². The Kier molecular flexibility index (Phi) is 5.10. The SMILES string of the molecule is CCOC(=O)c1cnc(C2CCC(CC)C2)nc1CC. The highest BCUT2D eigenvalue weighted by atomic mass is 16.5. The van der Waals surface area contributed by atoms with E-state index < -0.39 is 0 Å². The zero-order valence-electron chi connectivity index (χ0n) is 12.7. The number of aryl methyl sites for hydroxylation is 1. The molecular formula is C16H24N2O2. The summed E-state index contributed by atoms with van der Waals surface area (Å²) < 4.78 is 5.05. The number of ether oxygens (including phenoxy) is 1. The molecular weight excluding hydrogens is 252 g/mol. The molecule has 0 radical (unpaired) electrons. The van der Waals surface area contributed by atoms with Crippen molar-refractivity contribution in [2.75, 3.05) is 6.61 Å². The van der Waals surface area contributed by atoms with Crippen LogP contribution in [0.5, 0.6) is 0 Å². The van der Waals surface area contributed by atoms with Crippen LogP contribution in [0.15, 0.2) is 6.20 Å². The number of carbonyl (C=O) groups excluding carboxylic acids is 1. The van der Waals surface area contributed by atoms with Crippen LogP contribution >= 0.6 is 0 Å². The van der Waals surface area contributed by atoms with Gasteiger partial charge in [0.15, 0.2) is 0 Å². The van der Waals surface area contributed by atoms with Crippen LogP contribution in [0.1, 0.15) is 74.2 Å². The van der Waals surface area contributed by atoms with E-state index in [2.05, 4.69) is 16.9 Å². The van der Waals surface area contributed by atoms with E-state index in [0.29, 0.717) is 18.1 Å². The largest absolute Gasteiger partial charge is 0.462 e. The third-order valence-electron chi connectivity index (χ3n) is 4.20. The molecule has 1 heterocycles. The Balaban J connectivity index is 2.19. The third-order valence-corrected chi connectivity index (χ3v) is 4.20. The van der Waals surface area contributed by atoms with Gasteiger partial charge in [-0.1, -0.05) is 20.3 Å². The monoisotopic (exact) mass is 276 g/mol. The van der Waals surface area contributed by atoms with Crippen molar-refractivity contribution in [1.29, 1.82) is 0 Å². The average molecular weight is 276 g/mol. The van der Waals surface area contributed by atoms with Crippen molar-refractivity contribution in [1.82, 2.24) is 9.97 Å². The van der Waals surface area contributed by atoms with Gasteiger partial charge in [0.05, 0.1) is 17.9 Å². The number of rotatable bonds is 5. The molecule has 1 fully saturated rings. The molecule has 2 atom stereocenters. The maximum Gasteiger partial charge on any atom is 0.341 e. The molecule has 0 N–H and O–H groups in total. The summed E-state index contributed by atoms with van der Waals surface area (Å²) in [5.74, 6) is 1.86. The van der Waals surface area contributed by atoms with Crippen LogP contribution in [0.3, 0.4) is 0 Å². The van der Waals surface area contributed by atoms with Gasteiger partial charge in [-0.25, -0.2) is 14.8 Å². The van der Waals surface area contributed by atoms with E-state index in [1.54, 1.807) is 6.20 Å². The summed E-state index contributed by atoms with van der Waals surface area (Å²) in [5.41, 5.74) is 1.33. The lowest BCUT2D eigenvalue weighted by Gasteiger charge is -2.12. The van der Waals surface area contributed by atoms with Crippen molar-refractivity contribution in [3.8, 4) is 0 Å².